The highest BCUT2D eigenvalue weighted by Gasteiger charge is 2.16. The molecule has 96 valence electrons. The average molecular weight is 243 g/mol. The second kappa shape index (κ2) is 5.12. The Kier molecular flexibility index (Phi) is 3.35. The first kappa shape index (κ1) is 11.8. The van der Waals surface area contributed by atoms with Crippen LogP contribution in [-0.2, 0) is 6.42 Å². The number of H-pyrrole nitrogens is 1. The van der Waals surface area contributed by atoms with Crippen LogP contribution in [0.2, 0.25) is 0 Å². The topological polar surface area (TPSA) is 45.1 Å². The first-order chi connectivity index (χ1) is 8.83. The fraction of sp³-hybridized carbons (Fsp3) is 0.467. The van der Waals surface area contributed by atoms with Gasteiger partial charge in [-0.3, -0.25) is 0 Å². The Morgan fingerprint density at radius 2 is 2.00 bits per heavy atom. The Morgan fingerprint density at radius 1 is 1.22 bits per heavy atom. The third-order valence-corrected chi connectivity index (χ3v) is 3.85. The maximum atomic E-state index is 6.28. The van der Waals surface area contributed by atoms with E-state index in [0.717, 1.165) is 13.0 Å². The van der Waals surface area contributed by atoms with Crippen LogP contribution in [0.15, 0.2) is 30.5 Å². The molecule has 0 bridgehead atoms. The maximum Gasteiger partial charge on any atom is 0.0456 e. The summed E-state index contributed by atoms with van der Waals surface area (Å²) in [5.41, 5.74) is 8.83. The number of nitrogens with zero attached hydrogens (tertiary/aromatic N) is 1. The molecule has 1 fully saturated rings. The second-order valence-electron chi connectivity index (χ2n) is 5.33. The van der Waals surface area contributed by atoms with E-state index in [1.807, 2.05) is 0 Å². The predicted octanol–water partition coefficient (Wildman–Crippen LogP) is 2.13. The van der Waals surface area contributed by atoms with Gasteiger partial charge in [0.05, 0.1) is 0 Å². The van der Waals surface area contributed by atoms with Crippen LogP contribution >= 0.6 is 0 Å². The minimum absolute atomic E-state index is 0.238. The molecule has 3 heteroatoms. The Morgan fingerprint density at radius 3 is 2.83 bits per heavy atom. The number of para-hydroxylation sites is 1. The van der Waals surface area contributed by atoms with Crippen LogP contribution in [0.25, 0.3) is 10.9 Å². The van der Waals surface area contributed by atoms with E-state index in [0.29, 0.717) is 0 Å². The standard InChI is InChI=1S/C15H21N3/c16-13(11-18-7-3-4-8-18)9-12-10-17-15-6-2-1-5-14(12)15/h1-2,5-6,10,13,17H,3-4,7-9,11,16H2. The summed E-state index contributed by atoms with van der Waals surface area (Å²) in [5.74, 6) is 0. The summed E-state index contributed by atoms with van der Waals surface area (Å²) in [6.07, 6.45) is 5.73. The van der Waals surface area contributed by atoms with Gasteiger partial charge in [0, 0.05) is 29.7 Å². The van der Waals surface area contributed by atoms with Crippen LogP contribution in [0.5, 0.6) is 0 Å². The molecule has 1 aliphatic heterocycles. The van der Waals surface area contributed by atoms with E-state index in [-0.39, 0.29) is 6.04 Å². The van der Waals surface area contributed by atoms with Crippen LogP contribution in [0.1, 0.15) is 18.4 Å². The molecule has 1 saturated heterocycles. The average Bonchev–Trinajstić information content (AvgIpc) is 3.00. The minimum atomic E-state index is 0.238. The minimum Gasteiger partial charge on any atom is -0.361 e. The summed E-state index contributed by atoms with van der Waals surface area (Å²) in [7, 11) is 0. The number of aromatic amines is 1. The van der Waals surface area contributed by atoms with Gasteiger partial charge in [-0.2, -0.15) is 0 Å². The van der Waals surface area contributed by atoms with Crippen LogP contribution < -0.4 is 5.73 Å². The lowest BCUT2D eigenvalue weighted by molar-refractivity contribution is 0.313. The Bertz CT molecular complexity index is 511. The number of nitrogens with one attached hydrogen (secondary N) is 1. The van der Waals surface area contributed by atoms with E-state index >= 15 is 0 Å². The van der Waals surface area contributed by atoms with Crippen molar-refractivity contribution in [2.45, 2.75) is 25.3 Å². The molecule has 1 aromatic heterocycles. The quantitative estimate of drug-likeness (QED) is 0.864. The lowest BCUT2D eigenvalue weighted by Gasteiger charge is -2.19. The Labute approximate surface area is 108 Å². The summed E-state index contributed by atoms with van der Waals surface area (Å²) in [6.45, 7) is 3.47. The molecule has 1 aromatic carbocycles. The van der Waals surface area contributed by atoms with Gasteiger partial charge in [0.1, 0.15) is 0 Å². The van der Waals surface area contributed by atoms with Crippen molar-refractivity contribution >= 4 is 10.9 Å². The van der Waals surface area contributed by atoms with Gasteiger partial charge in [0.2, 0.25) is 0 Å². The third-order valence-electron chi connectivity index (χ3n) is 3.85. The number of fused-ring (bicyclic) bond motifs is 1. The normalized spacial score (nSPS) is 18.5. The van der Waals surface area contributed by atoms with Gasteiger partial charge in [-0.1, -0.05) is 18.2 Å². The maximum absolute atomic E-state index is 6.28. The van der Waals surface area contributed by atoms with E-state index in [2.05, 4.69) is 40.3 Å². The van der Waals surface area contributed by atoms with Crippen molar-refractivity contribution in [3.63, 3.8) is 0 Å². The molecular weight excluding hydrogens is 222 g/mol. The van der Waals surface area contributed by atoms with Gasteiger partial charge >= 0.3 is 0 Å². The molecule has 0 saturated carbocycles. The zero-order valence-electron chi connectivity index (χ0n) is 10.7. The molecule has 0 spiro atoms. The Hall–Kier alpha value is -1.32. The molecule has 1 unspecified atom stereocenters. The van der Waals surface area contributed by atoms with E-state index < -0.39 is 0 Å². The first-order valence-corrected chi connectivity index (χ1v) is 6.86. The summed E-state index contributed by atoms with van der Waals surface area (Å²) < 4.78 is 0. The van der Waals surface area contributed by atoms with Gasteiger partial charge in [-0.25, -0.2) is 0 Å². The molecule has 3 nitrogen and oxygen atoms in total. The first-order valence-electron chi connectivity index (χ1n) is 6.86. The van der Waals surface area contributed by atoms with E-state index in [1.54, 1.807) is 0 Å². The van der Waals surface area contributed by atoms with Crippen molar-refractivity contribution < 1.29 is 0 Å². The lowest BCUT2D eigenvalue weighted by Crippen LogP contribution is -2.37. The number of hydrogen-bond acceptors (Lipinski definition) is 2. The summed E-state index contributed by atoms with van der Waals surface area (Å²) in [5, 5.41) is 1.31. The van der Waals surface area contributed by atoms with Crippen LogP contribution in [0.4, 0.5) is 0 Å². The van der Waals surface area contributed by atoms with Crippen LogP contribution in [0, 0.1) is 0 Å². The lowest BCUT2D eigenvalue weighted by atomic mass is 10.1. The molecule has 3 rings (SSSR count). The smallest absolute Gasteiger partial charge is 0.0456 e. The molecule has 1 aliphatic rings. The van der Waals surface area contributed by atoms with Gasteiger partial charge in [-0.05, 0) is 44.0 Å². The van der Waals surface area contributed by atoms with Crippen molar-refractivity contribution in [3.05, 3.63) is 36.0 Å². The van der Waals surface area contributed by atoms with Crippen molar-refractivity contribution in [1.82, 2.24) is 9.88 Å². The molecule has 3 N–H and O–H groups in total. The highest BCUT2D eigenvalue weighted by molar-refractivity contribution is 5.83. The van der Waals surface area contributed by atoms with E-state index in [9.17, 15) is 0 Å². The third kappa shape index (κ3) is 2.42. The molecule has 2 aromatic rings. The molecular formula is C15H21N3. The van der Waals surface area contributed by atoms with Crippen molar-refractivity contribution in [2.75, 3.05) is 19.6 Å². The molecule has 0 radical (unpaired) electrons. The fourth-order valence-corrected chi connectivity index (χ4v) is 2.94. The number of nitrogens with two attached hydrogens (primary N) is 1. The molecule has 0 amide bonds. The monoisotopic (exact) mass is 243 g/mol. The number of likely N-dealkylation sites (tertiary alicyclic amines) is 1. The largest absolute Gasteiger partial charge is 0.361 e. The number of aromatic nitrogens is 1. The predicted molar refractivity (Wildman–Crippen MR) is 75.7 cm³/mol. The zero-order chi connectivity index (χ0) is 12.4. The SMILES string of the molecule is NC(Cc1c[nH]c2ccccc12)CN1CCCC1. The summed E-state index contributed by atoms with van der Waals surface area (Å²) >= 11 is 0. The van der Waals surface area contributed by atoms with Gasteiger partial charge in [0.25, 0.3) is 0 Å². The number of benzene rings is 1. The molecule has 1 atom stereocenters. The molecule has 18 heavy (non-hydrogen) atoms. The van der Waals surface area contributed by atoms with Gasteiger partial charge < -0.3 is 15.6 Å². The van der Waals surface area contributed by atoms with Crippen LogP contribution in [0.3, 0.4) is 0 Å². The second-order valence-corrected chi connectivity index (χ2v) is 5.33. The summed E-state index contributed by atoms with van der Waals surface area (Å²) in [6, 6.07) is 8.68. The van der Waals surface area contributed by atoms with Crippen molar-refractivity contribution in [3.8, 4) is 0 Å². The Balaban J connectivity index is 1.67. The van der Waals surface area contributed by atoms with E-state index in [1.165, 1.54) is 42.4 Å². The number of rotatable bonds is 4. The molecule has 0 aliphatic carbocycles. The highest BCUT2D eigenvalue weighted by atomic mass is 15.1. The van der Waals surface area contributed by atoms with Gasteiger partial charge in [0.15, 0.2) is 0 Å². The summed E-state index contributed by atoms with van der Waals surface area (Å²) in [4.78, 5) is 5.80. The molecule has 2 heterocycles. The van der Waals surface area contributed by atoms with Crippen molar-refractivity contribution in [1.29, 1.82) is 0 Å². The van der Waals surface area contributed by atoms with Gasteiger partial charge in [-0.15, -0.1) is 0 Å². The zero-order valence-corrected chi connectivity index (χ0v) is 10.7. The van der Waals surface area contributed by atoms with Crippen LogP contribution in [-0.4, -0.2) is 35.6 Å². The highest BCUT2D eigenvalue weighted by Crippen LogP contribution is 2.19. The fourth-order valence-electron chi connectivity index (χ4n) is 2.94. The van der Waals surface area contributed by atoms with Crippen molar-refractivity contribution in [2.24, 2.45) is 5.73 Å². The number of hydrogen-bond donors (Lipinski definition) is 2. The van der Waals surface area contributed by atoms with E-state index in [4.69, 9.17) is 5.73 Å².